The summed E-state index contributed by atoms with van der Waals surface area (Å²) in [5, 5.41) is 0. The minimum absolute atomic E-state index is 1.25. The number of rotatable bonds is 4. The Morgan fingerprint density at radius 3 is 2.33 bits per heavy atom. The molecule has 1 aliphatic rings. The van der Waals surface area contributed by atoms with E-state index >= 15 is 0 Å². The van der Waals surface area contributed by atoms with Crippen LogP contribution in [-0.2, 0) is 0 Å². The number of alkyl halides is 1. The molecule has 0 spiro atoms. The van der Waals surface area contributed by atoms with Gasteiger partial charge in [0.1, 0.15) is 0 Å². The average Bonchev–Trinajstić information content (AvgIpc) is 2.09. The maximum absolute atomic E-state index is 2.59. The molecule has 0 N–H and O–H groups in total. The highest BCUT2D eigenvalue weighted by Gasteiger charge is 2.12. The van der Waals surface area contributed by atoms with E-state index in [-0.39, 0.29) is 0 Å². The fourth-order valence-electron chi connectivity index (χ4n) is 1.50. The molecular weight excluding hydrogens is 263 g/mol. The molecule has 2 nitrogen and oxygen atoms in total. The molecule has 72 valence electrons. The molecule has 3 heteroatoms. The van der Waals surface area contributed by atoms with Crippen LogP contribution in [-0.4, -0.2) is 54.0 Å². The normalized spacial score (nSPS) is 21.5. The van der Waals surface area contributed by atoms with E-state index in [1.807, 2.05) is 0 Å². The number of hydrogen-bond acceptors (Lipinski definition) is 2. The molecule has 0 atom stereocenters. The van der Waals surface area contributed by atoms with Gasteiger partial charge < -0.3 is 9.80 Å². The lowest BCUT2D eigenvalue weighted by molar-refractivity contribution is 0.153. The summed E-state index contributed by atoms with van der Waals surface area (Å²) in [6.07, 6.45) is 2.76. The van der Waals surface area contributed by atoms with Crippen molar-refractivity contribution in [2.45, 2.75) is 12.8 Å². The molecule has 0 bridgehead atoms. The first-order valence-electron chi connectivity index (χ1n) is 4.80. The summed E-state index contributed by atoms with van der Waals surface area (Å²) < 4.78 is 1.31. The highest BCUT2D eigenvalue weighted by Crippen LogP contribution is 2.02. The van der Waals surface area contributed by atoms with Crippen molar-refractivity contribution < 1.29 is 0 Å². The van der Waals surface area contributed by atoms with E-state index in [0.717, 1.165) is 0 Å². The summed E-state index contributed by atoms with van der Waals surface area (Å²) >= 11 is 2.46. The maximum atomic E-state index is 2.59. The molecule has 0 aliphatic carbocycles. The molecule has 0 amide bonds. The van der Waals surface area contributed by atoms with Crippen molar-refractivity contribution in [3.05, 3.63) is 0 Å². The molecule has 1 heterocycles. The zero-order chi connectivity index (χ0) is 8.81. The molecule has 0 aromatic rings. The first-order valence-corrected chi connectivity index (χ1v) is 6.32. The van der Waals surface area contributed by atoms with Crippen LogP contribution in [0, 0.1) is 0 Å². The van der Waals surface area contributed by atoms with Crippen LogP contribution in [0.5, 0.6) is 0 Å². The van der Waals surface area contributed by atoms with Gasteiger partial charge in [0.15, 0.2) is 0 Å². The Bertz CT molecular complexity index is 111. The molecule has 1 aliphatic heterocycles. The summed E-state index contributed by atoms with van der Waals surface area (Å²) in [6.45, 7) is 6.38. The topological polar surface area (TPSA) is 6.48 Å². The van der Waals surface area contributed by atoms with Crippen LogP contribution in [0.15, 0.2) is 0 Å². The zero-order valence-electron chi connectivity index (χ0n) is 7.93. The van der Waals surface area contributed by atoms with E-state index < -0.39 is 0 Å². The van der Waals surface area contributed by atoms with Gasteiger partial charge >= 0.3 is 0 Å². The molecule has 1 saturated heterocycles. The Kier molecular flexibility index (Phi) is 5.50. The van der Waals surface area contributed by atoms with E-state index in [4.69, 9.17) is 0 Å². The fourth-order valence-corrected chi connectivity index (χ4v) is 2.04. The van der Waals surface area contributed by atoms with Gasteiger partial charge in [-0.15, -0.1) is 0 Å². The Morgan fingerprint density at radius 2 is 1.75 bits per heavy atom. The van der Waals surface area contributed by atoms with Gasteiger partial charge in [0.05, 0.1) is 0 Å². The first-order chi connectivity index (χ1) is 5.83. The second-order valence-corrected chi connectivity index (χ2v) is 4.62. The van der Waals surface area contributed by atoms with Crippen molar-refractivity contribution in [3.63, 3.8) is 0 Å². The van der Waals surface area contributed by atoms with Gasteiger partial charge in [0.25, 0.3) is 0 Å². The monoisotopic (exact) mass is 282 g/mol. The van der Waals surface area contributed by atoms with E-state index in [9.17, 15) is 0 Å². The van der Waals surface area contributed by atoms with Crippen molar-refractivity contribution in [1.29, 1.82) is 0 Å². The molecule has 1 fully saturated rings. The zero-order valence-corrected chi connectivity index (χ0v) is 10.1. The lowest BCUT2D eigenvalue weighted by Crippen LogP contribution is -2.44. The molecule has 1 rings (SSSR count). The van der Waals surface area contributed by atoms with Crippen molar-refractivity contribution in [2.24, 2.45) is 0 Å². The minimum Gasteiger partial charge on any atom is -0.304 e. The van der Waals surface area contributed by atoms with Crippen LogP contribution in [0.2, 0.25) is 0 Å². The summed E-state index contributed by atoms with van der Waals surface area (Å²) in [7, 11) is 2.21. The molecule has 0 unspecified atom stereocenters. The minimum atomic E-state index is 1.25. The van der Waals surface area contributed by atoms with Crippen LogP contribution >= 0.6 is 22.6 Å². The van der Waals surface area contributed by atoms with Crippen molar-refractivity contribution in [2.75, 3.05) is 44.2 Å². The molecule has 0 aromatic heterocycles. The van der Waals surface area contributed by atoms with Gasteiger partial charge in [0.2, 0.25) is 0 Å². The summed E-state index contributed by atoms with van der Waals surface area (Å²) in [5.74, 6) is 0. The smallest absolute Gasteiger partial charge is 0.0110 e. The van der Waals surface area contributed by atoms with Gasteiger partial charge in [-0.05, 0) is 30.9 Å². The van der Waals surface area contributed by atoms with Gasteiger partial charge in [-0.3, -0.25) is 0 Å². The third-order valence-electron chi connectivity index (χ3n) is 2.45. The average molecular weight is 282 g/mol. The van der Waals surface area contributed by atoms with Gasteiger partial charge in [-0.25, -0.2) is 0 Å². The highest BCUT2D eigenvalue weighted by molar-refractivity contribution is 14.1. The van der Waals surface area contributed by atoms with E-state index in [1.165, 1.54) is 50.0 Å². The van der Waals surface area contributed by atoms with Crippen LogP contribution < -0.4 is 0 Å². The fraction of sp³-hybridized carbons (Fsp3) is 1.00. The molecule has 0 radical (unpaired) electrons. The third kappa shape index (κ3) is 4.05. The standard InChI is InChI=1S/C9H19IN2/c1-11-6-8-12(9-7-11)5-3-2-4-10/h2-9H2,1H3. The van der Waals surface area contributed by atoms with Gasteiger partial charge in [-0.1, -0.05) is 22.6 Å². The molecule has 12 heavy (non-hydrogen) atoms. The maximum Gasteiger partial charge on any atom is 0.0110 e. The lowest BCUT2D eigenvalue weighted by atomic mass is 10.3. The van der Waals surface area contributed by atoms with E-state index in [1.54, 1.807) is 0 Å². The number of halogens is 1. The quantitative estimate of drug-likeness (QED) is 0.437. The number of unbranched alkanes of at least 4 members (excludes halogenated alkanes) is 1. The third-order valence-corrected chi connectivity index (χ3v) is 3.22. The summed E-state index contributed by atoms with van der Waals surface area (Å²) in [4.78, 5) is 5.00. The van der Waals surface area contributed by atoms with E-state index in [0.29, 0.717) is 0 Å². The number of nitrogens with zero attached hydrogens (tertiary/aromatic N) is 2. The summed E-state index contributed by atoms with van der Waals surface area (Å²) in [5.41, 5.74) is 0. The largest absolute Gasteiger partial charge is 0.304 e. The predicted octanol–water partition coefficient (Wildman–Crippen LogP) is 1.45. The van der Waals surface area contributed by atoms with Gasteiger partial charge in [-0.2, -0.15) is 0 Å². The Balaban J connectivity index is 2.01. The van der Waals surface area contributed by atoms with E-state index in [2.05, 4.69) is 39.4 Å². The SMILES string of the molecule is CN1CCN(CCCCI)CC1. The van der Waals surface area contributed by atoms with Crippen molar-refractivity contribution in [1.82, 2.24) is 9.80 Å². The van der Waals surface area contributed by atoms with Crippen LogP contribution in [0.25, 0.3) is 0 Å². The highest BCUT2D eigenvalue weighted by atomic mass is 127. The Hall–Kier alpha value is 0.650. The van der Waals surface area contributed by atoms with Crippen LogP contribution in [0.3, 0.4) is 0 Å². The predicted molar refractivity (Wildman–Crippen MR) is 62.1 cm³/mol. The molecule has 0 saturated carbocycles. The second-order valence-electron chi connectivity index (χ2n) is 3.54. The first kappa shape index (κ1) is 10.7. The number of hydrogen-bond donors (Lipinski definition) is 0. The van der Waals surface area contributed by atoms with Gasteiger partial charge in [0, 0.05) is 26.2 Å². The number of piperazine rings is 1. The van der Waals surface area contributed by atoms with Crippen LogP contribution in [0.1, 0.15) is 12.8 Å². The molecular formula is C9H19IN2. The van der Waals surface area contributed by atoms with Crippen molar-refractivity contribution in [3.8, 4) is 0 Å². The summed E-state index contributed by atoms with van der Waals surface area (Å²) in [6, 6.07) is 0. The Labute approximate surface area is 89.4 Å². The Morgan fingerprint density at radius 1 is 1.08 bits per heavy atom. The second kappa shape index (κ2) is 6.16. The lowest BCUT2D eigenvalue weighted by Gasteiger charge is -2.32. The molecule has 0 aromatic carbocycles. The number of likely N-dealkylation sites (N-methyl/N-ethyl adjacent to an activating group) is 1. The van der Waals surface area contributed by atoms with Crippen molar-refractivity contribution >= 4 is 22.6 Å². The van der Waals surface area contributed by atoms with Crippen LogP contribution in [0.4, 0.5) is 0 Å².